The smallest absolute Gasteiger partial charge is 0.272 e. The van der Waals surface area contributed by atoms with E-state index in [9.17, 15) is 14.4 Å². The number of rotatable bonds is 5. The lowest BCUT2D eigenvalue weighted by Crippen LogP contribution is -2.35. The number of nitrogens with one attached hydrogen (secondary N) is 2. The number of pyridine rings is 1. The zero-order chi connectivity index (χ0) is 21.1. The van der Waals surface area contributed by atoms with Crippen molar-refractivity contribution in [2.45, 2.75) is 37.8 Å². The number of hydrogen-bond acceptors (Lipinski definition) is 6. The molecular weight excluding hydrogens is 386 g/mol. The van der Waals surface area contributed by atoms with Gasteiger partial charge in [0, 0.05) is 38.9 Å². The monoisotopic (exact) mass is 411 g/mol. The number of carbonyl (C=O) groups excluding carboxylic acids is 2. The summed E-state index contributed by atoms with van der Waals surface area (Å²) >= 11 is 0. The minimum absolute atomic E-state index is 0.00956. The molecule has 2 N–H and O–H groups in total. The van der Waals surface area contributed by atoms with Gasteiger partial charge in [0.05, 0.1) is 17.4 Å². The number of Topliss-reactive ketones (excluding diaryl/α,β-unsaturated/α-hetero) is 1. The van der Waals surface area contributed by atoms with Crippen LogP contribution in [0.1, 0.15) is 47.8 Å². The molecule has 4 heterocycles. The fourth-order valence-corrected chi connectivity index (χ4v) is 3.81. The van der Waals surface area contributed by atoms with E-state index >= 15 is 0 Å². The van der Waals surface area contributed by atoms with Crippen LogP contribution in [0.3, 0.4) is 0 Å². The van der Waals surface area contributed by atoms with Gasteiger partial charge >= 0.3 is 0 Å². The number of ketones is 1. The number of nitrogens with zero attached hydrogens (tertiary/aromatic N) is 3. The van der Waals surface area contributed by atoms with Crippen LogP contribution in [0, 0.1) is 0 Å². The predicted molar refractivity (Wildman–Crippen MR) is 109 cm³/mol. The lowest BCUT2D eigenvalue weighted by molar-refractivity contribution is -0.123. The highest BCUT2D eigenvalue weighted by Gasteiger charge is 2.27. The van der Waals surface area contributed by atoms with E-state index in [2.05, 4.69) is 15.4 Å². The first kappa shape index (κ1) is 20.1. The number of likely N-dealkylation sites (N-methyl/N-ethyl adjacent to an activating group) is 1. The van der Waals surface area contributed by atoms with E-state index in [1.165, 1.54) is 16.9 Å². The van der Waals surface area contributed by atoms with E-state index in [0.717, 1.165) is 25.9 Å². The Hall–Kier alpha value is -3.20. The predicted octanol–water partition coefficient (Wildman–Crippen LogP) is 1.32. The molecule has 9 nitrogen and oxygen atoms in total. The Labute approximate surface area is 173 Å². The SMILES string of the molecule is CN1C=CCC(=O)C1c1cc(=O)n(-c2ccc(C(=O)NCC3CCCCO3)cn2)[nH]1. The molecule has 1 fully saturated rings. The average molecular weight is 411 g/mol. The summed E-state index contributed by atoms with van der Waals surface area (Å²) in [5.74, 6) is 0.124. The molecule has 0 bridgehead atoms. The molecule has 9 heteroatoms. The van der Waals surface area contributed by atoms with E-state index in [1.54, 1.807) is 30.2 Å². The maximum atomic E-state index is 12.4. The third-order valence-corrected chi connectivity index (χ3v) is 5.41. The third-order valence-electron chi connectivity index (χ3n) is 5.41. The van der Waals surface area contributed by atoms with Gasteiger partial charge in [-0.05, 0) is 37.6 Å². The fourth-order valence-electron chi connectivity index (χ4n) is 3.81. The second kappa shape index (κ2) is 8.66. The highest BCUT2D eigenvalue weighted by Crippen LogP contribution is 2.23. The number of hydrogen-bond donors (Lipinski definition) is 2. The quantitative estimate of drug-likeness (QED) is 0.768. The lowest BCUT2D eigenvalue weighted by atomic mass is 10.0. The fraction of sp³-hybridized carbons (Fsp3) is 0.429. The van der Waals surface area contributed by atoms with Crippen molar-refractivity contribution in [1.29, 1.82) is 0 Å². The van der Waals surface area contributed by atoms with Crippen LogP contribution >= 0.6 is 0 Å². The Morgan fingerprint density at radius 1 is 1.33 bits per heavy atom. The number of carbonyl (C=O) groups is 2. The Kier molecular flexibility index (Phi) is 5.80. The van der Waals surface area contributed by atoms with Crippen LogP contribution in [-0.2, 0) is 9.53 Å². The first-order valence-corrected chi connectivity index (χ1v) is 10.1. The largest absolute Gasteiger partial charge is 0.376 e. The molecule has 0 aromatic carbocycles. The zero-order valence-corrected chi connectivity index (χ0v) is 16.8. The summed E-state index contributed by atoms with van der Waals surface area (Å²) in [4.78, 5) is 43.1. The summed E-state index contributed by atoms with van der Waals surface area (Å²) in [7, 11) is 1.79. The van der Waals surface area contributed by atoms with E-state index in [1.807, 2.05) is 6.20 Å². The number of allylic oxidation sites excluding steroid dienone is 1. The molecule has 2 aliphatic heterocycles. The Morgan fingerprint density at radius 3 is 2.90 bits per heavy atom. The van der Waals surface area contributed by atoms with Crippen LogP contribution in [-0.4, -0.2) is 57.7 Å². The minimum Gasteiger partial charge on any atom is -0.376 e. The Bertz CT molecular complexity index is 1000. The van der Waals surface area contributed by atoms with Crippen molar-refractivity contribution >= 4 is 11.7 Å². The number of aromatic amines is 1. The highest BCUT2D eigenvalue weighted by molar-refractivity contribution is 5.94. The molecule has 2 unspecified atom stereocenters. The van der Waals surface area contributed by atoms with Crippen LogP contribution in [0.15, 0.2) is 41.5 Å². The summed E-state index contributed by atoms with van der Waals surface area (Å²) in [6.07, 6.45) is 8.56. The second-order valence-electron chi connectivity index (χ2n) is 7.61. The summed E-state index contributed by atoms with van der Waals surface area (Å²) in [6.45, 7) is 1.21. The average Bonchev–Trinajstić information content (AvgIpc) is 3.14. The summed E-state index contributed by atoms with van der Waals surface area (Å²) in [6, 6.07) is 4.09. The molecule has 2 aromatic rings. The molecule has 158 valence electrons. The van der Waals surface area contributed by atoms with Crippen LogP contribution < -0.4 is 10.9 Å². The molecule has 1 saturated heterocycles. The molecule has 1 amide bonds. The van der Waals surface area contributed by atoms with Gasteiger partial charge in [-0.15, -0.1) is 0 Å². The first-order valence-electron chi connectivity index (χ1n) is 10.1. The molecule has 0 radical (unpaired) electrons. The Balaban J connectivity index is 1.45. The van der Waals surface area contributed by atoms with Gasteiger partial charge in [0.25, 0.3) is 11.5 Å². The molecule has 0 spiro atoms. The van der Waals surface area contributed by atoms with Gasteiger partial charge in [-0.25, -0.2) is 9.67 Å². The molecule has 2 aliphatic rings. The maximum absolute atomic E-state index is 12.4. The molecule has 4 rings (SSSR count). The van der Waals surface area contributed by atoms with E-state index in [4.69, 9.17) is 4.74 Å². The maximum Gasteiger partial charge on any atom is 0.272 e. The standard InChI is InChI=1S/C21H25N5O4/c1-25-9-4-6-17(27)20(25)16-11-19(28)26(24-16)18-8-7-14(12-22-18)21(29)23-13-15-5-2-3-10-30-15/h4,7-9,11-12,15,20,24H,2-3,5-6,10,13H2,1H3,(H,23,29). The van der Waals surface area contributed by atoms with E-state index in [0.29, 0.717) is 30.0 Å². The molecule has 0 aliphatic carbocycles. The zero-order valence-electron chi connectivity index (χ0n) is 16.8. The topological polar surface area (TPSA) is 109 Å². The number of amides is 1. The molecule has 2 atom stereocenters. The van der Waals surface area contributed by atoms with E-state index < -0.39 is 6.04 Å². The highest BCUT2D eigenvalue weighted by atomic mass is 16.5. The molecule has 30 heavy (non-hydrogen) atoms. The van der Waals surface area contributed by atoms with Crippen LogP contribution in [0.2, 0.25) is 0 Å². The lowest BCUT2D eigenvalue weighted by Gasteiger charge is -2.27. The van der Waals surface area contributed by atoms with Gasteiger partial charge in [-0.3, -0.25) is 19.5 Å². The first-order chi connectivity index (χ1) is 14.5. The normalized spacial score (nSPS) is 21.6. The van der Waals surface area contributed by atoms with Crippen molar-refractivity contribution in [1.82, 2.24) is 25.0 Å². The molecule has 0 saturated carbocycles. The third kappa shape index (κ3) is 4.20. The van der Waals surface area contributed by atoms with Crippen molar-refractivity contribution in [2.24, 2.45) is 0 Å². The van der Waals surface area contributed by atoms with E-state index in [-0.39, 0.29) is 23.4 Å². The summed E-state index contributed by atoms with van der Waals surface area (Å²) < 4.78 is 6.89. The van der Waals surface area contributed by atoms with Crippen LogP contribution in [0.4, 0.5) is 0 Å². The van der Waals surface area contributed by atoms with Crippen molar-refractivity contribution in [2.75, 3.05) is 20.2 Å². The summed E-state index contributed by atoms with van der Waals surface area (Å²) in [5.41, 5.74) is 0.592. The molecule has 2 aromatic heterocycles. The Morgan fingerprint density at radius 2 is 2.20 bits per heavy atom. The number of aromatic nitrogens is 3. The van der Waals surface area contributed by atoms with Crippen molar-refractivity contribution < 1.29 is 14.3 Å². The number of H-pyrrole nitrogens is 1. The van der Waals surface area contributed by atoms with Gasteiger partial charge in [0.15, 0.2) is 11.6 Å². The second-order valence-corrected chi connectivity index (χ2v) is 7.61. The molecular formula is C21H25N5O4. The van der Waals surface area contributed by atoms with Gasteiger partial charge in [-0.2, -0.15) is 0 Å². The summed E-state index contributed by atoms with van der Waals surface area (Å²) in [5, 5.41) is 5.84. The number of ether oxygens (including phenoxy) is 1. The van der Waals surface area contributed by atoms with Gasteiger partial charge in [0.2, 0.25) is 0 Å². The van der Waals surface area contributed by atoms with Crippen LogP contribution in [0.5, 0.6) is 0 Å². The van der Waals surface area contributed by atoms with Crippen LogP contribution in [0.25, 0.3) is 5.82 Å². The van der Waals surface area contributed by atoms with Gasteiger partial charge in [-0.1, -0.05) is 6.08 Å². The van der Waals surface area contributed by atoms with Crippen molar-refractivity contribution in [3.8, 4) is 5.82 Å². The van der Waals surface area contributed by atoms with Gasteiger partial charge in [0.1, 0.15) is 6.04 Å². The van der Waals surface area contributed by atoms with Gasteiger partial charge < -0.3 is 15.0 Å². The van der Waals surface area contributed by atoms with Crippen molar-refractivity contribution in [3.63, 3.8) is 0 Å². The van der Waals surface area contributed by atoms with Crippen molar-refractivity contribution in [3.05, 3.63) is 58.3 Å². The minimum atomic E-state index is -0.531.